The van der Waals surface area contributed by atoms with Crippen LogP contribution >= 0.6 is 0 Å². The highest BCUT2D eigenvalue weighted by molar-refractivity contribution is 5.77. The van der Waals surface area contributed by atoms with E-state index in [2.05, 4.69) is 15.5 Å². The normalized spacial score (nSPS) is 16.1. The topological polar surface area (TPSA) is 80.9 Å². The van der Waals surface area contributed by atoms with E-state index in [1.165, 1.54) is 10.7 Å². The van der Waals surface area contributed by atoms with Crippen molar-refractivity contribution >= 4 is 5.97 Å². The van der Waals surface area contributed by atoms with Crippen LogP contribution in [0.1, 0.15) is 18.4 Å². The Bertz CT molecular complexity index is 679. The summed E-state index contributed by atoms with van der Waals surface area (Å²) in [6.45, 7) is 1.88. The largest absolute Gasteiger partial charge is 0.481 e. The molecule has 0 radical (unpaired) electrons. The summed E-state index contributed by atoms with van der Waals surface area (Å²) in [5, 5.41) is 20.5. The third-order valence-corrected chi connectivity index (χ3v) is 3.72. The lowest BCUT2D eigenvalue weighted by molar-refractivity contribution is -0.144. The molecule has 1 N–H and O–H groups in total. The van der Waals surface area contributed by atoms with Crippen LogP contribution in [0.15, 0.2) is 18.2 Å². The highest BCUT2D eigenvalue weighted by Crippen LogP contribution is 2.47. The standard InChI is InChI=1S/C13H13FN4O2/c1-8-2-3-9(6-10(8)14)11-15-16-17-18(11)7-13(4-5-13)12(19)20/h2-3,6H,4-5,7H2,1H3,(H,19,20). The average molecular weight is 276 g/mol. The molecule has 7 heteroatoms. The van der Waals surface area contributed by atoms with Gasteiger partial charge in [-0.25, -0.2) is 9.07 Å². The first-order valence-electron chi connectivity index (χ1n) is 6.28. The maximum atomic E-state index is 13.6. The van der Waals surface area contributed by atoms with Crippen molar-refractivity contribution in [2.24, 2.45) is 5.41 Å². The number of rotatable bonds is 4. The number of hydrogen-bond donors (Lipinski definition) is 1. The fourth-order valence-corrected chi connectivity index (χ4v) is 2.13. The molecule has 0 saturated heterocycles. The van der Waals surface area contributed by atoms with Crippen LogP contribution in [0.3, 0.4) is 0 Å². The molecule has 0 aliphatic heterocycles. The number of aliphatic carboxylic acids is 1. The van der Waals surface area contributed by atoms with Crippen molar-refractivity contribution in [1.82, 2.24) is 20.2 Å². The Morgan fingerprint density at radius 3 is 2.85 bits per heavy atom. The second-order valence-corrected chi connectivity index (χ2v) is 5.21. The minimum atomic E-state index is -0.839. The van der Waals surface area contributed by atoms with E-state index in [1.807, 2.05) is 0 Å². The van der Waals surface area contributed by atoms with Crippen LogP contribution < -0.4 is 0 Å². The zero-order chi connectivity index (χ0) is 14.3. The summed E-state index contributed by atoms with van der Waals surface area (Å²) in [7, 11) is 0. The number of hydrogen-bond acceptors (Lipinski definition) is 4. The molecule has 104 valence electrons. The minimum absolute atomic E-state index is 0.208. The first-order valence-corrected chi connectivity index (χ1v) is 6.28. The molecule has 0 amide bonds. The van der Waals surface area contributed by atoms with E-state index < -0.39 is 11.4 Å². The molecular formula is C13H13FN4O2. The molecule has 1 aromatic heterocycles. The Kier molecular flexibility index (Phi) is 2.77. The Hall–Kier alpha value is -2.31. The average Bonchev–Trinajstić information content (AvgIpc) is 3.05. The van der Waals surface area contributed by atoms with Crippen LogP contribution in [0.25, 0.3) is 11.4 Å². The van der Waals surface area contributed by atoms with Gasteiger partial charge in [0.15, 0.2) is 5.82 Å². The van der Waals surface area contributed by atoms with Gasteiger partial charge in [0.2, 0.25) is 0 Å². The molecule has 3 rings (SSSR count). The zero-order valence-electron chi connectivity index (χ0n) is 10.9. The molecule has 6 nitrogen and oxygen atoms in total. The van der Waals surface area contributed by atoms with Crippen molar-refractivity contribution < 1.29 is 14.3 Å². The van der Waals surface area contributed by atoms with E-state index in [-0.39, 0.29) is 12.4 Å². The lowest BCUT2D eigenvalue weighted by atomic mass is 10.1. The van der Waals surface area contributed by atoms with Crippen LogP contribution in [0.2, 0.25) is 0 Å². The Morgan fingerprint density at radius 1 is 1.50 bits per heavy atom. The van der Waals surface area contributed by atoms with E-state index in [1.54, 1.807) is 19.1 Å². The summed E-state index contributed by atoms with van der Waals surface area (Å²) in [5.74, 6) is -0.790. The highest BCUT2D eigenvalue weighted by Gasteiger charge is 2.51. The summed E-state index contributed by atoms with van der Waals surface area (Å²) >= 11 is 0. The predicted molar refractivity (Wildman–Crippen MR) is 67.3 cm³/mol. The van der Waals surface area contributed by atoms with Gasteiger partial charge in [0.1, 0.15) is 5.82 Å². The van der Waals surface area contributed by atoms with Gasteiger partial charge < -0.3 is 5.11 Å². The maximum Gasteiger partial charge on any atom is 0.311 e. The van der Waals surface area contributed by atoms with Crippen LogP contribution in [0, 0.1) is 18.2 Å². The smallest absolute Gasteiger partial charge is 0.311 e. The fourth-order valence-electron chi connectivity index (χ4n) is 2.13. The molecule has 0 atom stereocenters. The highest BCUT2D eigenvalue weighted by atomic mass is 19.1. The van der Waals surface area contributed by atoms with Crippen molar-refractivity contribution in [3.8, 4) is 11.4 Å². The molecule has 1 aliphatic rings. The monoisotopic (exact) mass is 276 g/mol. The van der Waals surface area contributed by atoms with Crippen molar-refractivity contribution in [3.05, 3.63) is 29.6 Å². The molecule has 0 spiro atoms. The molecular weight excluding hydrogens is 263 g/mol. The molecule has 0 bridgehead atoms. The van der Waals surface area contributed by atoms with Gasteiger partial charge in [0, 0.05) is 5.56 Å². The molecule has 2 aromatic rings. The number of carboxylic acid groups (broad SMARTS) is 1. The molecule has 20 heavy (non-hydrogen) atoms. The number of benzene rings is 1. The lowest BCUT2D eigenvalue weighted by Gasteiger charge is -2.10. The molecule has 1 aromatic carbocycles. The third kappa shape index (κ3) is 2.04. The van der Waals surface area contributed by atoms with Crippen molar-refractivity contribution in [1.29, 1.82) is 0 Å². The molecule has 1 fully saturated rings. The van der Waals surface area contributed by atoms with Gasteiger partial charge in [-0.05, 0) is 41.8 Å². The predicted octanol–water partition coefficient (Wildman–Crippen LogP) is 1.65. The summed E-state index contributed by atoms with van der Waals surface area (Å²) < 4.78 is 15.0. The maximum absolute atomic E-state index is 13.6. The fraction of sp³-hybridized carbons (Fsp3) is 0.385. The van der Waals surface area contributed by atoms with Gasteiger partial charge in [-0.2, -0.15) is 0 Å². The second-order valence-electron chi connectivity index (χ2n) is 5.21. The Morgan fingerprint density at radius 2 is 2.25 bits per heavy atom. The lowest BCUT2D eigenvalue weighted by Crippen LogP contribution is -2.22. The number of nitrogens with zero attached hydrogens (tertiary/aromatic N) is 4. The quantitative estimate of drug-likeness (QED) is 0.918. The molecule has 1 heterocycles. The van der Waals surface area contributed by atoms with Crippen molar-refractivity contribution in [2.75, 3.05) is 0 Å². The van der Waals surface area contributed by atoms with Gasteiger partial charge in [-0.1, -0.05) is 12.1 Å². The second kappa shape index (κ2) is 4.36. The van der Waals surface area contributed by atoms with E-state index in [9.17, 15) is 14.3 Å². The van der Waals surface area contributed by atoms with E-state index in [4.69, 9.17) is 0 Å². The third-order valence-electron chi connectivity index (χ3n) is 3.72. The number of tetrazole rings is 1. The van der Waals surface area contributed by atoms with E-state index >= 15 is 0 Å². The number of carboxylic acids is 1. The molecule has 1 saturated carbocycles. The minimum Gasteiger partial charge on any atom is -0.481 e. The zero-order valence-corrected chi connectivity index (χ0v) is 10.9. The van der Waals surface area contributed by atoms with Crippen LogP contribution in [0.5, 0.6) is 0 Å². The van der Waals surface area contributed by atoms with Gasteiger partial charge in [-0.15, -0.1) is 5.10 Å². The summed E-state index contributed by atoms with van der Waals surface area (Å²) in [4.78, 5) is 11.2. The Balaban J connectivity index is 1.94. The van der Waals surface area contributed by atoms with E-state index in [0.717, 1.165) is 0 Å². The number of aromatic nitrogens is 4. The van der Waals surface area contributed by atoms with Gasteiger partial charge in [0.05, 0.1) is 12.0 Å². The Labute approximate surface area is 114 Å². The number of carbonyl (C=O) groups is 1. The van der Waals surface area contributed by atoms with Crippen molar-refractivity contribution in [2.45, 2.75) is 26.3 Å². The SMILES string of the molecule is Cc1ccc(-c2nnnn2CC2(C(=O)O)CC2)cc1F. The van der Waals surface area contributed by atoms with Crippen LogP contribution in [-0.2, 0) is 11.3 Å². The summed E-state index contributed by atoms with van der Waals surface area (Å²) in [6, 6.07) is 4.73. The van der Waals surface area contributed by atoms with Crippen LogP contribution in [0.4, 0.5) is 4.39 Å². The van der Waals surface area contributed by atoms with Crippen molar-refractivity contribution in [3.63, 3.8) is 0 Å². The summed E-state index contributed by atoms with van der Waals surface area (Å²) in [6.07, 6.45) is 1.23. The number of aryl methyl sites for hydroxylation is 1. The van der Waals surface area contributed by atoms with Gasteiger partial charge >= 0.3 is 5.97 Å². The first-order chi connectivity index (χ1) is 9.52. The summed E-state index contributed by atoms with van der Waals surface area (Å²) in [5.41, 5.74) is 0.309. The van der Waals surface area contributed by atoms with Gasteiger partial charge in [0.25, 0.3) is 0 Å². The molecule has 1 aliphatic carbocycles. The van der Waals surface area contributed by atoms with E-state index in [0.29, 0.717) is 29.8 Å². The first kappa shape index (κ1) is 12.7. The van der Waals surface area contributed by atoms with Crippen LogP contribution in [-0.4, -0.2) is 31.3 Å². The van der Waals surface area contributed by atoms with Gasteiger partial charge in [-0.3, -0.25) is 4.79 Å². The number of halogens is 1. The molecule has 0 unspecified atom stereocenters.